The van der Waals surface area contributed by atoms with Crippen LogP contribution in [0.5, 0.6) is 0 Å². The molecule has 2 aromatic rings. The van der Waals surface area contributed by atoms with Gasteiger partial charge in [-0.3, -0.25) is 4.72 Å². The predicted octanol–water partition coefficient (Wildman–Crippen LogP) is 1.04. The number of nitrogens with two attached hydrogens (primary N) is 1. The fourth-order valence-electron chi connectivity index (χ4n) is 1.48. The largest absolute Gasteiger partial charge is 0.326 e. The molecule has 0 aliphatic rings. The van der Waals surface area contributed by atoms with E-state index in [0.29, 0.717) is 6.54 Å². The molecule has 0 amide bonds. The molecule has 0 bridgehead atoms. The topological polar surface area (TPSA) is 98.0 Å². The molecule has 2 heterocycles. The van der Waals surface area contributed by atoms with E-state index in [1.54, 1.807) is 31.2 Å². The average molecular weight is 278 g/mol. The maximum Gasteiger partial charge on any atom is 0.280 e. The fraction of sp³-hybridized carbons (Fsp3) is 0.167. The highest BCUT2D eigenvalue weighted by atomic mass is 32.2. The van der Waals surface area contributed by atoms with Crippen molar-refractivity contribution >= 4 is 15.8 Å². The molecule has 0 saturated carbocycles. The van der Waals surface area contributed by atoms with Gasteiger partial charge in [-0.1, -0.05) is 12.1 Å². The Kier molecular flexibility index (Phi) is 3.77. The molecule has 100 valence electrons. The number of nitrogens with zero attached hydrogens (tertiary/aromatic N) is 2. The molecule has 0 aliphatic heterocycles. The minimum absolute atomic E-state index is 0.0620. The Balaban J connectivity index is 2.27. The van der Waals surface area contributed by atoms with Crippen LogP contribution in [0.4, 0.5) is 5.82 Å². The molecule has 6 nitrogen and oxygen atoms in total. The lowest BCUT2D eigenvalue weighted by molar-refractivity contribution is 0.597. The summed E-state index contributed by atoms with van der Waals surface area (Å²) in [6.07, 6.45) is 1.44. The number of nitrogens with one attached hydrogen (secondary N) is 1. The van der Waals surface area contributed by atoms with E-state index in [1.165, 1.54) is 12.3 Å². The summed E-state index contributed by atoms with van der Waals surface area (Å²) in [4.78, 5) is 7.96. The van der Waals surface area contributed by atoms with Gasteiger partial charge in [0.2, 0.25) is 0 Å². The van der Waals surface area contributed by atoms with Crippen molar-refractivity contribution in [3.05, 3.63) is 47.8 Å². The van der Waals surface area contributed by atoms with Gasteiger partial charge in [0.15, 0.2) is 5.03 Å². The second kappa shape index (κ2) is 5.33. The number of pyridine rings is 2. The van der Waals surface area contributed by atoms with Gasteiger partial charge in [0.1, 0.15) is 5.82 Å². The molecule has 0 fully saturated rings. The third-order valence-electron chi connectivity index (χ3n) is 2.44. The monoisotopic (exact) mass is 278 g/mol. The summed E-state index contributed by atoms with van der Waals surface area (Å²) in [7, 11) is -3.72. The zero-order chi connectivity index (χ0) is 13.9. The Morgan fingerprint density at radius 2 is 2.05 bits per heavy atom. The van der Waals surface area contributed by atoms with Crippen LogP contribution in [0.15, 0.2) is 41.6 Å². The number of aryl methyl sites for hydroxylation is 1. The van der Waals surface area contributed by atoms with E-state index in [2.05, 4.69) is 14.7 Å². The van der Waals surface area contributed by atoms with Crippen molar-refractivity contribution < 1.29 is 8.42 Å². The van der Waals surface area contributed by atoms with E-state index in [1.807, 2.05) is 0 Å². The number of aromatic nitrogens is 2. The lowest BCUT2D eigenvalue weighted by Crippen LogP contribution is -2.15. The standard InChI is InChI=1S/C12H14N4O2S/c1-9-3-2-4-11(15-9)16-19(17,18)12-6-5-10(7-13)8-14-12/h2-6,8H,7,13H2,1H3,(H,15,16). The van der Waals surface area contributed by atoms with Gasteiger partial charge in [-0.2, -0.15) is 8.42 Å². The zero-order valence-corrected chi connectivity index (χ0v) is 11.2. The van der Waals surface area contributed by atoms with Crippen LogP contribution in [-0.2, 0) is 16.6 Å². The molecule has 19 heavy (non-hydrogen) atoms. The van der Waals surface area contributed by atoms with Crippen molar-refractivity contribution in [3.63, 3.8) is 0 Å². The van der Waals surface area contributed by atoms with Crippen LogP contribution in [0.3, 0.4) is 0 Å². The normalized spacial score (nSPS) is 11.3. The number of hydrogen-bond donors (Lipinski definition) is 2. The summed E-state index contributed by atoms with van der Waals surface area (Å²) >= 11 is 0. The van der Waals surface area contributed by atoms with Crippen molar-refractivity contribution in [1.82, 2.24) is 9.97 Å². The quantitative estimate of drug-likeness (QED) is 0.871. The Bertz CT molecular complexity index is 668. The maximum atomic E-state index is 12.1. The van der Waals surface area contributed by atoms with Crippen LogP contribution in [0.1, 0.15) is 11.3 Å². The van der Waals surface area contributed by atoms with Gasteiger partial charge in [-0.25, -0.2) is 9.97 Å². The van der Waals surface area contributed by atoms with Gasteiger partial charge >= 0.3 is 0 Å². The molecule has 0 unspecified atom stereocenters. The van der Waals surface area contributed by atoms with Crippen LogP contribution in [0.2, 0.25) is 0 Å². The Morgan fingerprint density at radius 1 is 1.26 bits per heavy atom. The van der Waals surface area contributed by atoms with E-state index >= 15 is 0 Å². The second-order valence-electron chi connectivity index (χ2n) is 3.98. The fourth-order valence-corrected chi connectivity index (χ4v) is 2.41. The third kappa shape index (κ3) is 3.27. The van der Waals surface area contributed by atoms with Crippen LogP contribution >= 0.6 is 0 Å². The first kappa shape index (κ1) is 13.4. The first-order valence-electron chi connectivity index (χ1n) is 5.63. The van der Waals surface area contributed by atoms with Gasteiger partial charge in [-0.15, -0.1) is 0 Å². The van der Waals surface area contributed by atoms with Gasteiger partial charge in [-0.05, 0) is 30.7 Å². The summed E-state index contributed by atoms with van der Waals surface area (Å²) in [6, 6.07) is 8.14. The molecular weight excluding hydrogens is 264 g/mol. The van der Waals surface area contributed by atoms with Crippen molar-refractivity contribution in [1.29, 1.82) is 0 Å². The highest BCUT2D eigenvalue weighted by Gasteiger charge is 2.16. The van der Waals surface area contributed by atoms with Crippen LogP contribution in [-0.4, -0.2) is 18.4 Å². The molecule has 0 aromatic carbocycles. The molecule has 0 aliphatic carbocycles. The van der Waals surface area contributed by atoms with Gasteiger partial charge in [0.05, 0.1) is 0 Å². The van der Waals surface area contributed by atoms with Crippen molar-refractivity contribution in [2.24, 2.45) is 5.73 Å². The lowest BCUT2D eigenvalue weighted by atomic mass is 10.3. The number of anilines is 1. The van der Waals surface area contributed by atoms with Crippen LogP contribution in [0, 0.1) is 6.92 Å². The van der Waals surface area contributed by atoms with E-state index in [0.717, 1.165) is 11.3 Å². The summed E-state index contributed by atoms with van der Waals surface area (Å²) in [5.41, 5.74) is 6.93. The molecule has 2 rings (SSSR count). The molecule has 0 spiro atoms. The van der Waals surface area contributed by atoms with Crippen molar-refractivity contribution in [2.45, 2.75) is 18.5 Å². The molecule has 0 saturated heterocycles. The number of rotatable bonds is 4. The average Bonchev–Trinajstić information content (AvgIpc) is 2.38. The third-order valence-corrected chi connectivity index (χ3v) is 3.71. The summed E-state index contributed by atoms with van der Waals surface area (Å²) < 4.78 is 26.5. The van der Waals surface area contributed by atoms with E-state index < -0.39 is 10.0 Å². The van der Waals surface area contributed by atoms with E-state index in [-0.39, 0.29) is 10.8 Å². The lowest BCUT2D eigenvalue weighted by Gasteiger charge is -2.07. The molecule has 7 heteroatoms. The molecule has 0 atom stereocenters. The zero-order valence-electron chi connectivity index (χ0n) is 10.4. The van der Waals surface area contributed by atoms with Gasteiger partial charge in [0, 0.05) is 18.4 Å². The number of hydrogen-bond acceptors (Lipinski definition) is 5. The Hall–Kier alpha value is -1.99. The predicted molar refractivity (Wildman–Crippen MR) is 71.9 cm³/mol. The molecule has 0 radical (unpaired) electrons. The van der Waals surface area contributed by atoms with Gasteiger partial charge in [0.25, 0.3) is 10.0 Å². The van der Waals surface area contributed by atoms with Crippen molar-refractivity contribution in [3.8, 4) is 0 Å². The minimum atomic E-state index is -3.72. The summed E-state index contributed by atoms with van der Waals surface area (Å²) in [5, 5.41) is -0.0620. The van der Waals surface area contributed by atoms with Crippen LogP contribution < -0.4 is 10.5 Å². The SMILES string of the molecule is Cc1cccc(NS(=O)(=O)c2ccc(CN)cn2)n1. The summed E-state index contributed by atoms with van der Waals surface area (Å²) in [5.74, 6) is 0.268. The first-order chi connectivity index (χ1) is 9.01. The Labute approximate surface area is 111 Å². The van der Waals surface area contributed by atoms with Crippen molar-refractivity contribution in [2.75, 3.05) is 4.72 Å². The van der Waals surface area contributed by atoms with E-state index in [9.17, 15) is 8.42 Å². The maximum absolute atomic E-state index is 12.1. The first-order valence-corrected chi connectivity index (χ1v) is 7.11. The van der Waals surface area contributed by atoms with Crippen LogP contribution in [0.25, 0.3) is 0 Å². The second-order valence-corrected chi connectivity index (χ2v) is 5.61. The summed E-state index contributed by atoms with van der Waals surface area (Å²) in [6.45, 7) is 2.10. The molecular formula is C12H14N4O2S. The highest BCUT2D eigenvalue weighted by Crippen LogP contribution is 2.12. The van der Waals surface area contributed by atoms with Gasteiger partial charge < -0.3 is 5.73 Å². The molecule has 2 aromatic heterocycles. The number of sulfonamides is 1. The Morgan fingerprint density at radius 3 is 2.63 bits per heavy atom. The molecule has 3 N–H and O–H groups in total. The van der Waals surface area contributed by atoms with E-state index in [4.69, 9.17) is 5.73 Å². The minimum Gasteiger partial charge on any atom is -0.326 e. The highest BCUT2D eigenvalue weighted by molar-refractivity contribution is 7.92. The smallest absolute Gasteiger partial charge is 0.280 e.